The van der Waals surface area contributed by atoms with Crippen LogP contribution in [0.2, 0.25) is 0 Å². The van der Waals surface area contributed by atoms with E-state index in [2.05, 4.69) is 9.88 Å². The Bertz CT molecular complexity index is 794. The standard InChI is InChI=1S/C21H24N2O4/c1-26-21-20(3-2-8-22-21)27-18-9-15-11-23(12-16(15)10-18)13-19(25)14-4-6-17(24)7-5-14/h2-8,15-16,18,24H,9-13H2,1H3/t15-,16+,18?. The van der Waals surface area contributed by atoms with E-state index in [-0.39, 0.29) is 17.6 Å². The Labute approximate surface area is 158 Å². The number of fused-ring (bicyclic) bond motifs is 1. The molecule has 6 heteroatoms. The number of rotatable bonds is 6. The van der Waals surface area contributed by atoms with Crippen LogP contribution in [0.4, 0.5) is 0 Å². The molecule has 0 amide bonds. The van der Waals surface area contributed by atoms with Crippen LogP contribution in [0, 0.1) is 11.8 Å². The molecule has 1 aliphatic heterocycles. The van der Waals surface area contributed by atoms with Gasteiger partial charge < -0.3 is 14.6 Å². The van der Waals surface area contributed by atoms with Crippen LogP contribution in [-0.4, -0.2) is 53.6 Å². The molecule has 27 heavy (non-hydrogen) atoms. The Morgan fingerprint density at radius 1 is 1.19 bits per heavy atom. The van der Waals surface area contributed by atoms with Crippen molar-refractivity contribution >= 4 is 5.78 Å². The minimum absolute atomic E-state index is 0.0999. The third-order valence-corrected chi connectivity index (χ3v) is 5.56. The van der Waals surface area contributed by atoms with Gasteiger partial charge in [0.05, 0.1) is 19.8 Å². The van der Waals surface area contributed by atoms with Crippen molar-refractivity contribution in [2.24, 2.45) is 11.8 Å². The van der Waals surface area contributed by atoms with Gasteiger partial charge >= 0.3 is 0 Å². The number of likely N-dealkylation sites (tertiary alicyclic amines) is 1. The van der Waals surface area contributed by atoms with Crippen molar-refractivity contribution < 1.29 is 19.4 Å². The average molecular weight is 368 g/mol. The molecule has 3 atom stereocenters. The lowest BCUT2D eigenvalue weighted by Gasteiger charge is -2.19. The zero-order valence-corrected chi connectivity index (χ0v) is 15.4. The van der Waals surface area contributed by atoms with Gasteiger partial charge in [0, 0.05) is 24.8 Å². The van der Waals surface area contributed by atoms with Crippen LogP contribution in [0.1, 0.15) is 23.2 Å². The largest absolute Gasteiger partial charge is 0.508 e. The van der Waals surface area contributed by atoms with Gasteiger partial charge in [-0.3, -0.25) is 9.69 Å². The highest BCUT2D eigenvalue weighted by Crippen LogP contribution is 2.40. The predicted octanol–water partition coefficient (Wildman–Crippen LogP) is 2.77. The van der Waals surface area contributed by atoms with E-state index in [1.54, 1.807) is 37.6 Å². The molecule has 2 fully saturated rings. The number of ketones is 1. The number of ether oxygens (including phenoxy) is 2. The smallest absolute Gasteiger partial charge is 0.256 e. The number of nitrogens with zero attached hydrogens (tertiary/aromatic N) is 2. The van der Waals surface area contributed by atoms with Gasteiger partial charge in [0.1, 0.15) is 5.75 Å². The molecule has 1 aliphatic carbocycles. The van der Waals surface area contributed by atoms with Gasteiger partial charge in [0.2, 0.25) is 0 Å². The zero-order chi connectivity index (χ0) is 18.8. The van der Waals surface area contributed by atoms with E-state index in [1.807, 2.05) is 12.1 Å². The minimum atomic E-state index is 0.0999. The van der Waals surface area contributed by atoms with Crippen LogP contribution >= 0.6 is 0 Å². The molecule has 0 spiro atoms. The second-order valence-electron chi connectivity index (χ2n) is 7.41. The van der Waals surface area contributed by atoms with E-state index in [0.29, 0.717) is 35.6 Å². The summed E-state index contributed by atoms with van der Waals surface area (Å²) in [6.07, 6.45) is 3.85. The van der Waals surface area contributed by atoms with Crippen molar-refractivity contribution in [2.75, 3.05) is 26.7 Å². The highest BCUT2D eigenvalue weighted by molar-refractivity contribution is 5.97. The summed E-state index contributed by atoms with van der Waals surface area (Å²) in [5.41, 5.74) is 0.648. The van der Waals surface area contributed by atoms with E-state index in [4.69, 9.17) is 9.47 Å². The highest BCUT2D eigenvalue weighted by Gasteiger charge is 2.42. The van der Waals surface area contributed by atoms with Crippen molar-refractivity contribution in [3.63, 3.8) is 0 Å². The van der Waals surface area contributed by atoms with Crippen LogP contribution in [0.15, 0.2) is 42.6 Å². The molecule has 1 unspecified atom stereocenters. The van der Waals surface area contributed by atoms with Gasteiger partial charge in [-0.15, -0.1) is 0 Å². The van der Waals surface area contributed by atoms with E-state index in [1.165, 1.54) is 0 Å². The van der Waals surface area contributed by atoms with Gasteiger partial charge in [-0.1, -0.05) is 0 Å². The molecular formula is C21H24N2O4. The molecule has 2 heterocycles. The number of hydrogen-bond donors (Lipinski definition) is 1. The fourth-order valence-electron chi connectivity index (χ4n) is 4.31. The number of aromatic nitrogens is 1. The maximum atomic E-state index is 12.4. The third-order valence-electron chi connectivity index (χ3n) is 5.56. The summed E-state index contributed by atoms with van der Waals surface area (Å²) < 4.78 is 11.4. The number of pyridine rings is 1. The van der Waals surface area contributed by atoms with Crippen LogP contribution in [0.3, 0.4) is 0 Å². The Balaban J connectivity index is 1.30. The quantitative estimate of drug-likeness (QED) is 0.791. The van der Waals surface area contributed by atoms with Crippen molar-refractivity contribution in [1.82, 2.24) is 9.88 Å². The van der Waals surface area contributed by atoms with Crippen molar-refractivity contribution in [3.8, 4) is 17.4 Å². The van der Waals surface area contributed by atoms with E-state index in [9.17, 15) is 9.90 Å². The second kappa shape index (κ2) is 7.56. The highest BCUT2D eigenvalue weighted by atomic mass is 16.5. The van der Waals surface area contributed by atoms with Crippen molar-refractivity contribution in [1.29, 1.82) is 0 Å². The SMILES string of the molecule is COc1ncccc1OC1C[C@@H]2CN(CC(=O)c3ccc(O)cc3)C[C@@H]2C1. The number of carbonyl (C=O) groups is 1. The average Bonchev–Trinajstić information content (AvgIpc) is 3.20. The molecule has 2 aromatic rings. The number of phenols is 1. The predicted molar refractivity (Wildman–Crippen MR) is 100 cm³/mol. The Morgan fingerprint density at radius 3 is 2.56 bits per heavy atom. The molecular weight excluding hydrogens is 344 g/mol. The van der Waals surface area contributed by atoms with Gasteiger partial charge in [-0.05, 0) is 61.1 Å². The number of carbonyl (C=O) groups excluding carboxylic acids is 1. The number of aromatic hydroxyl groups is 1. The molecule has 1 saturated heterocycles. The summed E-state index contributed by atoms with van der Waals surface area (Å²) in [5.74, 6) is 2.62. The summed E-state index contributed by atoms with van der Waals surface area (Å²) in [6, 6.07) is 10.2. The fourth-order valence-corrected chi connectivity index (χ4v) is 4.31. The fraction of sp³-hybridized carbons (Fsp3) is 0.429. The third kappa shape index (κ3) is 3.90. The molecule has 2 aliphatic rings. The topological polar surface area (TPSA) is 71.9 Å². The zero-order valence-electron chi connectivity index (χ0n) is 15.4. The first kappa shape index (κ1) is 17.8. The molecule has 1 N–H and O–H groups in total. The second-order valence-corrected chi connectivity index (χ2v) is 7.41. The van der Waals surface area contributed by atoms with Crippen LogP contribution < -0.4 is 9.47 Å². The summed E-state index contributed by atoms with van der Waals surface area (Å²) in [7, 11) is 1.60. The molecule has 142 valence electrons. The molecule has 1 saturated carbocycles. The first-order valence-corrected chi connectivity index (χ1v) is 9.32. The van der Waals surface area contributed by atoms with Gasteiger partial charge in [-0.25, -0.2) is 4.98 Å². The molecule has 1 aromatic carbocycles. The normalized spacial score (nSPS) is 24.6. The minimum Gasteiger partial charge on any atom is -0.508 e. The van der Waals surface area contributed by atoms with Crippen LogP contribution in [-0.2, 0) is 0 Å². The van der Waals surface area contributed by atoms with Crippen molar-refractivity contribution in [2.45, 2.75) is 18.9 Å². The lowest BCUT2D eigenvalue weighted by molar-refractivity contribution is 0.0936. The summed E-state index contributed by atoms with van der Waals surface area (Å²) >= 11 is 0. The lowest BCUT2D eigenvalue weighted by Crippen LogP contribution is -2.30. The van der Waals surface area contributed by atoms with Gasteiger partial charge in [-0.2, -0.15) is 0 Å². The van der Waals surface area contributed by atoms with E-state index < -0.39 is 0 Å². The molecule has 0 radical (unpaired) electrons. The number of benzene rings is 1. The molecule has 6 nitrogen and oxygen atoms in total. The number of phenolic OH excluding ortho intramolecular Hbond substituents is 1. The number of methoxy groups -OCH3 is 1. The summed E-state index contributed by atoms with van der Waals surface area (Å²) in [4.78, 5) is 18.9. The summed E-state index contributed by atoms with van der Waals surface area (Å²) in [5, 5.41) is 9.35. The Morgan fingerprint density at radius 2 is 1.89 bits per heavy atom. The van der Waals surface area contributed by atoms with Gasteiger partial charge in [0.15, 0.2) is 11.5 Å². The first-order chi connectivity index (χ1) is 13.1. The Kier molecular flexibility index (Phi) is 4.99. The van der Waals surface area contributed by atoms with Crippen LogP contribution in [0.25, 0.3) is 0 Å². The van der Waals surface area contributed by atoms with E-state index in [0.717, 1.165) is 25.9 Å². The number of Topliss-reactive ketones (excluding diaryl/α,β-unsaturated/α-hetero) is 1. The maximum absolute atomic E-state index is 12.4. The number of hydrogen-bond acceptors (Lipinski definition) is 6. The maximum Gasteiger partial charge on any atom is 0.256 e. The van der Waals surface area contributed by atoms with E-state index >= 15 is 0 Å². The molecule has 4 rings (SSSR count). The Hall–Kier alpha value is -2.60. The monoisotopic (exact) mass is 368 g/mol. The summed E-state index contributed by atoms with van der Waals surface area (Å²) in [6.45, 7) is 2.29. The van der Waals surface area contributed by atoms with Crippen LogP contribution in [0.5, 0.6) is 17.4 Å². The van der Waals surface area contributed by atoms with Crippen molar-refractivity contribution in [3.05, 3.63) is 48.2 Å². The molecule has 0 bridgehead atoms. The lowest BCUT2D eigenvalue weighted by atomic mass is 10.0. The first-order valence-electron chi connectivity index (χ1n) is 9.32. The van der Waals surface area contributed by atoms with Gasteiger partial charge in [0.25, 0.3) is 5.88 Å². The molecule has 1 aromatic heterocycles.